The minimum absolute atomic E-state index is 0.00212. The van der Waals surface area contributed by atoms with Gasteiger partial charge in [-0.3, -0.25) is 9.59 Å². The van der Waals surface area contributed by atoms with Crippen molar-refractivity contribution in [3.63, 3.8) is 0 Å². The third kappa shape index (κ3) is 9.35. The molecule has 2 saturated heterocycles. The SMILES string of the molecule is CC(C)c1ccc(-c2ccc(Oc3cc(C(=O)NC4CCN(CCCS(C)(=O)=O)CC4)c(F)cc3CN3C[C@@H](C)CC3=O)cc2)nn1. The Morgan fingerprint density at radius 3 is 2.40 bits per heavy atom. The highest BCUT2D eigenvalue weighted by Gasteiger charge is 2.29. The number of likely N-dealkylation sites (tertiary alicyclic amines) is 2. The van der Waals surface area contributed by atoms with Crippen molar-refractivity contribution in [2.75, 3.05) is 38.2 Å². The monoisotopic (exact) mass is 665 g/mol. The quantitative estimate of drug-likeness (QED) is 0.281. The van der Waals surface area contributed by atoms with Crippen LogP contribution in [-0.2, 0) is 21.2 Å². The Morgan fingerprint density at radius 1 is 1.09 bits per heavy atom. The first-order chi connectivity index (χ1) is 22.3. The van der Waals surface area contributed by atoms with Crippen LogP contribution in [0.25, 0.3) is 11.3 Å². The summed E-state index contributed by atoms with van der Waals surface area (Å²) in [5.41, 5.74) is 2.85. The summed E-state index contributed by atoms with van der Waals surface area (Å²) in [5.74, 6) is 0.226. The summed E-state index contributed by atoms with van der Waals surface area (Å²) in [5, 5.41) is 11.6. The highest BCUT2D eigenvalue weighted by molar-refractivity contribution is 7.90. The number of halogens is 1. The second kappa shape index (κ2) is 14.9. The third-order valence-corrected chi connectivity index (χ3v) is 9.76. The van der Waals surface area contributed by atoms with Gasteiger partial charge in [0.05, 0.1) is 22.7 Å². The van der Waals surface area contributed by atoms with Crippen LogP contribution in [0.3, 0.4) is 0 Å². The van der Waals surface area contributed by atoms with Crippen LogP contribution in [0.1, 0.15) is 74.0 Å². The van der Waals surface area contributed by atoms with Gasteiger partial charge in [0.15, 0.2) is 0 Å². The van der Waals surface area contributed by atoms with Crippen molar-refractivity contribution >= 4 is 21.7 Å². The maximum Gasteiger partial charge on any atom is 0.254 e. The second-order valence-electron chi connectivity index (χ2n) is 13.2. The lowest BCUT2D eigenvalue weighted by atomic mass is 10.0. The lowest BCUT2D eigenvalue weighted by molar-refractivity contribution is -0.128. The van der Waals surface area contributed by atoms with Crippen molar-refractivity contribution < 1.29 is 27.1 Å². The van der Waals surface area contributed by atoms with E-state index in [1.165, 1.54) is 18.4 Å². The molecule has 2 aliphatic rings. The maximum atomic E-state index is 15.5. The number of piperidine rings is 1. The molecule has 10 nitrogen and oxygen atoms in total. The van der Waals surface area contributed by atoms with Crippen LogP contribution in [0.15, 0.2) is 48.5 Å². The molecule has 0 unspecified atom stereocenters. The third-order valence-electron chi connectivity index (χ3n) is 8.73. The van der Waals surface area contributed by atoms with E-state index in [1.807, 2.05) is 31.2 Å². The minimum Gasteiger partial charge on any atom is -0.457 e. The molecule has 2 amide bonds. The van der Waals surface area contributed by atoms with Gasteiger partial charge in [-0.25, -0.2) is 12.8 Å². The predicted molar refractivity (Wildman–Crippen MR) is 178 cm³/mol. The van der Waals surface area contributed by atoms with Crippen LogP contribution < -0.4 is 10.1 Å². The van der Waals surface area contributed by atoms with E-state index < -0.39 is 21.6 Å². The van der Waals surface area contributed by atoms with Crippen molar-refractivity contribution in [1.82, 2.24) is 25.3 Å². The first kappa shape index (κ1) is 34.4. The second-order valence-corrected chi connectivity index (χ2v) is 15.5. The molecule has 0 spiro atoms. The van der Waals surface area contributed by atoms with E-state index in [4.69, 9.17) is 4.74 Å². The fourth-order valence-corrected chi connectivity index (χ4v) is 6.71. The number of nitrogens with one attached hydrogen (secondary N) is 1. The van der Waals surface area contributed by atoms with Gasteiger partial charge >= 0.3 is 0 Å². The molecular weight excluding hydrogens is 621 g/mol. The van der Waals surface area contributed by atoms with Crippen molar-refractivity contribution in [2.45, 2.75) is 65.0 Å². The fraction of sp³-hybridized carbons (Fsp3) is 0.486. The summed E-state index contributed by atoms with van der Waals surface area (Å²) in [6.45, 7) is 8.99. The highest BCUT2D eigenvalue weighted by atomic mass is 32.2. The van der Waals surface area contributed by atoms with Crippen LogP contribution in [-0.4, -0.2) is 84.5 Å². The summed E-state index contributed by atoms with van der Waals surface area (Å²) < 4.78 is 44.7. The Morgan fingerprint density at radius 2 is 1.81 bits per heavy atom. The Bertz CT molecular complexity index is 1670. The number of hydrogen-bond acceptors (Lipinski definition) is 8. The number of benzene rings is 2. The topological polar surface area (TPSA) is 122 Å². The van der Waals surface area contributed by atoms with Gasteiger partial charge in [0.1, 0.15) is 27.2 Å². The average molecular weight is 666 g/mol. The van der Waals surface area contributed by atoms with Gasteiger partial charge in [0, 0.05) is 56.0 Å². The molecule has 0 bridgehead atoms. The molecule has 0 radical (unpaired) electrons. The number of rotatable bonds is 12. The number of amides is 2. The van der Waals surface area contributed by atoms with Gasteiger partial charge in [-0.1, -0.05) is 20.8 Å². The molecule has 5 rings (SSSR count). The van der Waals surface area contributed by atoms with Crippen LogP contribution in [0.2, 0.25) is 0 Å². The Kier molecular flexibility index (Phi) is 10.9. The Hall–Kier alpha value is -3.90. The van der Waals surface area contributed by atoms with Crippen LogP contribution in [0, 0.1) is 11.7 Å². The van der Waals surface area contributed by atoms with Crippen molar-refractivity contribution in [1.29, 1.82) is 0 Å². The van der Waals surface area contributed by atoms with Crippen LogP contribution >= 0.6 is 0 Å². The molecule has 2 aromatic carbocycles. The number of ether oxygens (including phenoxy) is 1. The van der Waals surface area contributed by atoms with E-state index >= 15 is 4.39 Å². The molecule has 1 aromatic heterocycles. The summed E-state index contributed by atoms with van der Waals surface area (Å²) in [6, 6.07) is 13.8. The van der Waals surface area contributed by atoms with E-state index in [-0.39, 0.29) is 41.6 Å². The molecule has 1 N–H and O–H groups in total. The number of carbonyl (C=O) groups is 2. The van der Waals surface area contributed by atoms with E-state index in [2.05, 4.69) is 34.3 Å². The van der Waals surface area contributed by atoms with E-state index in [0.717, 1.165) is 30.0 Å². The Balaban J connectivity index is 1.30. The van der Waals surface area contributed by atoms with Gasteiger partial charge in [0.25, 0.3) is 5.91 Å². The number of carbonyl (C=O) groups excluding carboxylic acids is 2. The van der Waals surface area contributed by atoms with Gasteiger partial charge in [-0.05, 0) is 86.2 Å². The number of sulfone groups is 1. The molecule has 2 aliphatic heterocycles. The van der Waals surface area contributed by atoms with Crippen LogP contribution in [0.4, 0.5) is 4.39 Å². The number of nitrogens with zero attached hydrogens (tertiary/aromatic N) is 4. The fourth-order valence-electron chi connectivity index (χ4n) is 6.05. The van der Waals surface area contributed by atoms with E-state index in [9.17, 15) is 18.0 Å². The van der Waals surface area contributed by atoms with Crippen molar-refractivity contribution in [3.05, 3.63) is 71.2 Å². The molecule has 0 saturated carbocycles. The first-order valence-corrected chi connectivity index (χ1v) is 18.3. The maximum absolute atomic E-state index is 15.5. The zero-order valence-corrected chi connectivity index (χ0v) is 28.4. The highest BCUT2D eigenvalue weighted by Crippen LogP contribution is 2.32. The zero-order valence-electron chi connectivity index (χ0n) is 27.5. The predicted octanol–water partition coefficient (Wildman–Crippen LogP) is 5.20. The molecule has 1 atom stereocenters. The summed E-state index contributed by atoms with van der Waals surface area (Å²) in [7, 11) is -3.00. The number of aromatic nitrogens is 2. The van der Waals surface area contributed by atoms with Gasteiger partial charge in [-0.15, -0.1) is 0 Å². The largest absolute Gasteiger partial charge is 0.457 e. The lowest BCUT2D eigenvalue weighted by Gasteiger charge is -2.32. The molecule has 3 heterocycles. The molecule has 47 heavy (non-hydrogen) atoms. The molecule has 2 fully saturated rings. The van der Waals surface area contributed by atoms with E-state index in [0.29, 0.717) is 55.8 Å². The zero-order chi connectivity index (χ0) is 33.7. The summed E-state index contributed by atoms with van der Waals surface area (Å²) in [6.07, 6.45) is 3.61. The minimum atomic E-state index is -3.00. The smallest absolute Gasteiger partial charge is 0.254 e. The average Bonchev–Trinajstić information content (AvgIpc) is 3.34. The first-order valence-electron chi connectivity index (χ1n) is 16.3. The van der Waals surface area contributed by atoms with Crippen LogP contribution in [0.5, 0.6) is 11.5 Å². The normalized spacial score (nSPS) is 17.8. The molecule has 0 aliphatic carbocycles. The van der Waals surface area contributed by atoms with Gasteiger partial charge < -0.3 is 19.9 Å². The molecular formula is C35H44FN5O5S. The van der Waals surface area contributed by atoms with E-state index in [1.54, 1.807) is 17.0 Å². The molecule has 252 valence electrons. The Labute approximate surface area is 276 Å². The molecule has 12 heteroatoms. The van der Waals surface area contributed by atoms with Crippen molar-refractivity contribution in [2.24, 2.45) is 5.92 Å². The summed E-state index contributed by atoms with van der Waals surface area (Å²) >= 11 is 0. The van der Waals surface area contributed by atoms with Crippen molar-refractivity contribution in [3.8, 4) is 22.8 Å². The summed E-state index contributed by atoms with van der Waals surface area (Å²) in [4.78, 5) is 29.8. The molecule has 3 aromatic rings. The van der Waals surface area contributed by atoms with Gasteiger partial charge in [0.2, 0.25) is 5.91 Å². The standard InChI is InChI=1S/C35H44FN5O5S/c1-23(2)31-10-11-32(39-38-31)25-6-8-28(9-7-25)46-33-20-29(30(36)19-26(33)22-41-21-24(3)18-34(41)42)35(43)37-27-12-15-40(16-13-27)14-5-17-47(4,44)45/h6-11,19-20,23-24,27H,5,12-18,21-22H2,1-4H3,(H,37,43)/t24-/m0/s1. The van der Waals surface area contributed by atoms with Gasteiger partial charge in [-0.2, -0.15) is 10.2 Å². The lowest BCUT2D eigenvalue weighted by Crippen LogP contribution is -2.45. The number of hydrogen-bond donors (Lipinski definition) is 1.